The van der Waals surface area contributed by atoms with Crippen LogP contribution >= 0.6 is 0 Å². The zero-order chi connectivity index (χ0) is 18.8. The van der Waals surface area contributed by atoms with Crippen molar-refractivity contribution in [1.29, 1.82) is 10.5 Å². The van der Waals surface area contributed by atoms with E-state index in [0.29, 0.717) is 11.8 Å². The molecule has 0 aromatic rings. The third-order valence-electron chi connectivity index (χ3n) is 6.81. The number of hydrogen-bond donors (Lipinski definition) is 0. The van der Waals surface area contributed by atoms with Crippen molar-refractivity contribution in [1.82, 2.24) is 0 Å². The summed E-state index contributed by atoms with van der Waals surface area (Å²) in [5, 5.41) is 19.2. The molecular weight excluding hydrogens is 320 g/mol. The molecule has 3 aliphatic carbocycles. The monoisotopic (exact) mass is 344 g/mol. The maximum atomic E-state index is 9.61. The predicted molar refractivity (Wildman–Crippen MR) is 98.5 cm³/mol. The van der Waals surface area contributed by atoms with E-state index in [9.17, 15) is 10.5 Å². The Hall–Kier alpha value is -2.56. The van der Waals surface area contributed by atoms with Gasteiger partial charge in [0.05, 0.1) is 25.3 Å². The van der Waals surface area contributed by atoms with Gasteiger partial charge in [0.15, 0.2) is 0 Å². The molecule has 0 aromatic heterocycles. The van der Waals surface area contributed by atoms with Crippen molar-refractivity contribution >= 4 is 0 Å². The van der Waals surface area contributed by atoms with Crippen molar-refractivity contribution in [3.8, 4) is 12.1 Å². The van der Waals surface area contributed by atoms with Crippen LogP contribution in [0.4, 0.5) is 0 Å². The topological polar surface area (TPSA) is 56.3 Å². The fourth-order valence-corrected chi connectivity index (χ4v) is 5.75. The van der Waals surface area contributed by atoms with Gasteiger partial charge in [-0.25, -0.2) is 20.2 Å². The van der Waals surface area contributed by atoms with E-state index in [4.69, 9.17) is 13.1 Å². The van der Waals surface area contributed by atoms with E-state index in [-0.39, 0.29) is 35.1 Å². The Bertz CT molecular complexity index is 718. The minimum Gasteiger partial charge on any atom is -0.227 e. The Morgan fingerprint density at radius 1 is 0.769 bits per heavy atom. The number of nitrogens with zero attached hydrogens (tertiary/aromatic N) is 4. The molecule has 0 aliphatic heterocycles. The lowest BCUT2D eigenvalue weighted by molar-refractivity contribution is 0.130. The van der Waals surface area contributed by atoms with Gasteiger partial charge in [0, 0.05) is 0 Å². The lowest BCUT2D eigenvalue weighted by Gasteiger charge is -2.52. The summed E-state index contributed by atoms with van der Waals surface area (Å²) in [4.78, 5) is 7.19. The van der Waals surface area contributed by atoms with Crippen LogP contribution in [-0.2, 0) is 0 Å². The molecule has 3 fully saturated rings. The third kappa shape index (κ3) is 2.91. The Labute approximate surface area is 156 Å². The lowest BCUT2D eigenvalue weighted by Crippen LogP contribution is -2.43. The van der Waals surface area contributed by atoms with Crippen LogP contribution in [-0.4, -0.2) is 0 Å². The van der Waals surface area contributed by atoms with Gasteiger partial charge in [-0.15, -0.1) is 0 Å². The van der Waals surface area contributed by atoms with Crippen LogP contribution in [0.5, 0.6) is 0 Å². The Kier molecular flexibility index (Phi) is 5.16. The van der Waals surface area contributed by atoms with Gasteiger partial charge >= 0.3 is 0 Å². The van der Waals surface area contributed by atoms with Gasteiger partial charge in [-0.2, -0.15) is 0 Å². The normalized spacial score (nSPS) is 39.8. The van der Waals surface area contributed by atoms with Crippen LogP contribution in [0.1, 0.15) is 52.4 Å². The molecule has 26 heavy (non-hydrogen) atoms. The Morgan fingerprint density at radius 2 is 1.15 bits per heavy atom. The molecule has 132 valence electrons. The van der Waals surface area contributed by atoms with Crippen LogP contribution < -0.4 is 0 Å². The van der Waals surface area contributed by atoms with Gasteiger partial charge in [-0.3, -0.25) is 0 Å². The molecular formula is C22H24N4. The van der Waals surface area contributed by atoms with Crippen molar-refractivity contribution in [3.63, 3.8) is 0 Å². The van der Waals surface area contributed by atoms with Crippen LogP contribution in [0.2, 0.25) is 0 Å². The molecule has 0 amide bonds. The molecule has 6 atom stereocenters. The van der Waals surface area contributed by atoms with E-state index >= 15 is 0 Å². The maximum absolute atomic E-state index is 9.61. The van der Waals surface area contributed by atoms with Gasteiger partial charge in [0.1, 0.15) is 0 Å². The largest absolute Gasteiger partial charge is 0.261 e. The van der Waals surface area contributed by atoms with E-state index < -0.39 is 0 Å². The zero-order valence-electron chi connectivity index (χ0n) is 15.5. The first-order valence-electron chi connectivity index (χ1n) is 9.58. The molecule has 3 saturated carbocycles. The molecule has 4 nitrogen and oxygen atoms in total. The molecule has 0 heterocycles. The highest BCUT2D eigenvalue weighted by Gasteiger charge is 2.49. The quantitative estimate of drug-likeness (QED) is 0.430. The predicted octanol–water partition coefficient (Wildman–Crippen LogP) is 5.50. The van der Waals surface area contributed by atoms with Gasteiger partial charge < -0.3 is 0 Å². The summed E-state index contributed by atoms with van der Waals surface area (Å²) >= 11 is 0. The first kappa shape index (κ1) is 18.2. The summed E-state index contributed by atoms with van der Waals surface area (Å²) in [6.45, 7) is 19.5. The first-order valence-corrected chi connectivity index (χ1v) is 9.58. The number of rotatable bonds is 0. The molecule has 0 radical (unpaired) electrons. The van der Waals surface area contributed by atoms with E-state index in [0.717, 1.165) is 49.7 Å². The minimum absolute atomic E-state index is 0.150. The van der Waals surface area contributed by atoms with Gasteiger partial charge in [0.25, 0.3) is 11.4 Å². The number of hydrogen-bond acceptors (Lipinski definition) is 2. The van der Waals surface area contributed by atoms with Crippen molar-refractivity contribution < 1.29 is 0 Å². The van der Waals surface area contributed by atoms with Crippen molar-refractivity contribution in [3.05, 3.63) is 45.4 Å². The molecule has 4 heteroatoms. The van der Waals surface area contributed by atoms with E-state index in [2.05, 4.69) is 35.7 Å². The summed E-state index contributed by atoms with van der Waals surface area (Å²) in [7, 11) is 0. The van der Waals surface area contributed by atoms with Gasteiger partial charge in [0.2, 0.25) is 0 Å². The smallest absolute Gasteiger partial charge is 0.227 e. The summed E-state index contributed by atoms with van der Waals surface area (Å²) in [5.41, 5.74) is 2.67. The fraction of sp³-hybridized carbons (Fsp3) is 0.636. The molecule has 0 bridgehead atoms. The Morgan fingerprint density at radius 3 is 1.46 bits per heavy atom. The highest BCUT2D eigenvalue weighted by molar-refractivity contribution is 5.46. The highest BCUT2D eigenvalue weighted by Crippen LogP contribution is 2.58. The van der Waals surface area contributed by atoms with E-state index in [1.165, 1.54) is 0 Å². The molecule has 3 aliphatic rings. The summed E-state index contributed by atoms with van der Waals surface area (Å²) in [5.74, 6) is 1.71. The minimum atomic E-state index is 0.150. The molecule has 6 unspecified atom stereocenters. The zero-order valence-corrected chi connectivity index (χ0v) is 15.5. The second-order valence-electron chi connectivity index (χ2n) is 8.32. The molecule has 0 aromatic carbocycles. The van der Waals surface area contributed by atoms with Crippen molar-refractivity contribution in [2.45, 2.75) is 52.4 Å². The maximum Gasteiger partial charge on any atom is 0.261 e. The van der Waals surface area contributed by atoms with Gasteiger partial charge in [-0.1, -0.05) is 26.7 Å². The second kappa shape index (κ2) is 7.36. The third-order valence-corrected chi connectivity index (χ3v) is 6.81. The lowest BCUT2D eigenvalue weighted by atomic mass is 9.52. The number of fused-ring (bicyclic) bond motifs is 2. The average molecular weight is 344 g/mol. The highest BCUT2D eigenvalue weighted by atomic mass is 14.7. The van der Waals surface area contributed by atoms with Crippen molar-refractivity contribution in [2.24, 2.45) is 35.5 Å². The molecule has 0 N–H and O–H groups in total. The second-order valence-corrected chi connectivity index (χ2v) is 8.32. The SMILES string of the molecule is [C-]#[N+]/C(C#N)=C1\C2CC(C)CCC2/C(=C(/C#N)[N+]#[C-])C2CC(C)CCC12. The average Bonchev–Trinajstić information content (AvgIpc) is 2.64. The van der Waals surface area contributed by atoms with Crippen LogP contribution in [0.25, 0.3) is 9.69 Å². The first-order chi connectivity index (χ1) is 12.5. The Balaban J connectivity index is 2.24. The summed E-state index contributed by atoms with van der Waals surface area (Å²) < 4.78 is 0. The summed E-state index contributed by atoms with van der Waals surface area (Å²) in [6, 6.07) is 4.34. The fourth-order valence-electron chi connectivity index (χ4n) is 5.75. The van der Waals surface area contributed by atoms with Crippen LogP contribution in [0, 0.1) is 71.3 Å². The van der Waals surface area contributed by atoms with E-state index in [1.807, 2.05) is 0 Å². The number of allylic oxidation sites excluding steroid dienone is 4. The molecule has 0 spiro atoms. The molecule has 3 rings (SSSR count). The van der Waals surface area contributed by atoms with E-state index in [1.54, 1.807) is 0 Å². The summed E-state index contributed by atoms with van der Waals surface area (Å²) in [6.07, 6.45) is 6.00. The standard InChI is InChI=1S/C22H24N4/c1-13-5-7-15-17(9-13)21(19(11-23)25-3)16-8-6-14(2)10-18(16)22(15)20(12-24)26-4/h13-18H,5-10H2,1-2H3/b21-19-,22-20+. The van der Waals surface area contributed by atoms with Gasteiger partial charge in [-0.05, 0) is 72.3 Å². The van der Waals surface area contributed by atoms with Crippen LogP contribution in [0.15, 0.2) is 22.5 Å². The van der Waals surface area contributed by atoms with Crippen molar-refractivity contribution in [2.75, 3.05) is 0 Å². The van der Waals surface area contributed by atoms with Crippen LogP contribution in [0.3, 0.4) is 0 Å². The number of nitriles is 2. The molecule has 0 saturated heterocycles.